The Morgan fingerprint density at radius 1 is 1.38 bits per heavy atom. The highest BCUT2D eigenvalue weighted by atomic mass is 16.4. The molecule has 0 amide bonds. The van der Waals surface area contributed by atoms with Crippen LogP contribution in [-0.2, 0) is 4.79 Å². The van der Waals surface area contributed by atoms with E-state index in [1.165, 1.54) is 0 Å². The maximum atomic E-state index is 11.5. The van der Waals surface area contributed by atoms with Crippen molar-refractivity contribution in [2.24, 2.45) is 5.41 Å². The summed E-state index contributed by atoms with van der Waals surface area (Å²) in [5.41, 5.74) is 1.44. The minimum Gasteiger partial charge on any atom is -0.481 e. The highest BCUT2D eigenvalue weighted by Gasteiger charge is 2.40. The van der Waals surface area contributed by atoms with Gasteiger partial charge in [0, 0.05) is 24.5 Å². The van der Waals surface area contributed by atoms with Crippen molar-refractivity contribution in [2.45, 2.75) is 52.9 Å². The molecule has 0 bridgehead atoms. The van der Waals surface area contributed by atoms with Crippen LogP contribution in [-0.4, -0.2) is 34.1 Å². The van der Waals surface area contributed by atoms with Crippen LogP contribution in [0.5, 0.6) is 0 Å². The first-order valence-corrected chi connectivity index (χ1v) is 7.72. The molecular weight excluding hydrogens is 266 g/mol. The van der Waals surface area contributed by atoms with Gasteiger partial charge in [0.15, 0.2) is 0 Å². The van der Waals surface area contributed by atoms with Crippen LogP contribution in [0, 0.1) is 12.3 Å². The summed E-state index contributed by atoms with van der Waals surface area (Å²) in [7, 11) is 0. The molecular formula is C16H25N3O2. The van der Waals surface area contributed by atoms with Crippen molar-refractivity contribution in [3.63, 3.8) is 0 Å². The van der Waals surface area contributed by atoms with Crippen molar-refractivity contribution in [3.05, 3.63) is 17.5 Å². The van der Waals surface area contributed by atoms with Gasteiger partial charge in [0.25, 0.3) is 0 Å². The Morgan fingerprint density at radius 2 is 2.00 bits per heavy atom. The van der Waals surface area contributed by atoms with Crippen molar-refractivity contribution >= 4 is 11.9 Å². The molecule has 0 radical (unpaired) electrons. The highest BCUT2D eigenvalue weighted by Crippen LogP contribution is 2.36. The first kappa shape index (κ1) is 15.7. The summed E-state index contributed by atoms with van der Waals surface area (Å²) >= 11 is 0. The summed E-state index contributed by atoms with van der Waals surface area (Å²) in [5.74, 6) is 0.440. The van der Waals surface area contributed by atoms with E-state index in [0.29, 0.717) is 38.3 Å². The number of piperidine rings is 1. The zero-order valence-electron chi connectivity index (χ0n) is 13.4. The summed E-state index contributed by atoms with van der Waals surface area (Å²) in [6, 6.07) is 2.02. The Bertz CT molecular complexity index is 520. The Kier molecular flexibility index (Phi) is 4.49. The fourth-order valence-corrected chi connectivity index (χ4v) is 2.87. The molecule has 0 spiro atoms. The minimum absolute atomic E-state index is 0.365. The minimum atomic E-state index is -0.669. The Balaban J connectivity index is 2.17. The average Bonchev–Trinajstić information content (AvgIpc) is 2.46. The lowest BCUT2D eigenvalue weighted by molar-refractivity contribution is -0.150. The number of hydrogen-bond donors (Lipinski definition) is 1. The van der Waals surface area contributed by atoms with Gasteiger partial charge < -0.3 is 10.0 Å². The van der Waals surface area contributed by atoms with Crippen LogP contribution in [0.15, 0.2) is 6.07 Å². The first-order valence-electron chi connectivity index (χ1n) is 7.72. The molecule has 116 valence electrons. The van der Waals surface area contributed by atoms with E-state index >= 15 is 0 Å². The molecule has 5 heteroatoms. The Morgan fingerprint density at radius 3 is 2.48 bits per heavy atom. The van der Waals surface area contributed by atoms with Crippen LogP contribution < -0.4 is 4.90 Å². The summed E-state index contributed by atoms with van der Waals surface area (Å²) in [6.45, 7) is 9.60. The lowest BCUT2D eigenvalue weighted by Crippen LogP contribution is -2.44. The van der Waals surface area contributed by atoms with Gasteiger partial charge >= 0.3 is 5.97 Å². The van der Waals surface area contributed by atoms with Crippen LogP contribution in [0.3, 0.4) is 0 Å². The number of aromatic nitrogens is 2. The predicted octanol–water partition coefficient (Wildman–Crippen LogP) is 2.99. The van der Waals surface area contributed by atoms with Crippen molar-refractivity contribution in [1.29, 1.82) is 0 Å². The molecule has 5 nitrogen and oxygen atoms in total. The van der Waals surface area contributed by atoms with Gasteiger partial charge in [-0.05, 0) is 38.2 Å². The fourth-order valence-electron chi connectivity index (χ4n) is 2.87. The first-order chi connectivity index (χ1) is 9.88. The molecule has 2 heterocycles. The van der Waals surface area contributed by atoms with E-state index in [2.05, 4.69) is 28.7 Å². The lowest BCUT2D eigenvalue weighted by Gasteiger charge is -2.38. The number of carboxylic acids is 1. The zero-order valence-corrected chi connectivity index (χ0v) is 13.4. The van der Waals surface area contributed by atoms with Gasteiger partial charge in [0.05, 0.1) is 5.41 Å². The molecule has 0 atom stereocenters. The monoisotopic (exact) mass is 291 g/mol. The van der Waals surface area contributed by atoms with Gasteiger partial charge in [0.2, 0.25) is 5.95 Å². The third-order valence-corrected chi connectivity index (χ3v) is 4.59. The van der Waals surface area contributed by atoms with E-state index in [1.54, 1.807) is 0 Å². The molecule has 0 aromatic carbocycles. The van der Waals surface area contributed by atoms with E-state index < -0.39 is 11.4 Å². The highest BCUT2D eigenvalue weighted by molar-refractivity contribution is 5.75. The molecule has 0 unspecified atom stereocenters. The standard InChI is InChI=1S/C16H25N3O2/c1-5-16(14(20)21)6-8-19(9-7-16)15-17-12(4)10-13(18-15)11(2)3/h10-11H,5-9H2,1-4H3,(H,20,21). The van der Waals surface area contributed by atoms with Gasteiger partial charge in [-0.1, -0.05) is 20.8 Å². The van der Waals surface area contributed by atoms with Crippen LogP contribution >= 0.6 is 0 Å². The molecule has 1 aromatic rings. The predicted molar refractivity (Wildman–Crippen MR) is 82.7 cm³/mol. The van der Waals surface area contributed by atoms with Gasteiger partial charge in [-0.15, -0.1) is 0 Å². The lowest BCUT2D eigenvalue weighted by atomic mass is 9.76. The van der Waals surface area contributed by atoms with Crippen LogP contribution in [0.25, 0.3) is 0 Å². The molecule has 1 aliphatic heterocycles. The third-order valence-electron chi connectivity index (χ3n) is 4.59. The van der Waals surface area contributed by atoms with Gasteiger partial charge in [-0.2, -0.15) is 0 Å². The van der Waals surface area contributed by atoms with Gasteiger partial charge in [-0.3, -0.25) is 4.79 Å². The molecule has 0 saturated carbocycles. The quantitative estimate of drug-likeness (QED) is 0.923. The summed E-state index contributed by atoms with van der Waals surface area (Å²) < 4.78 is 0. The summed E-state index contributed by atoms with van der Waals surface area (Å²) in [4.78, 5) is 22.8. The third kappa shape index (κ3) is 3.17. The van der Waals surface area contributed by atoms with Crippen molar-refractivity contribution < 1.29 is 9.90 Å². The number of aliphatic carboxylic acids is 1. The van der Waals surface area contributed by atoms with E-state index in [4.69, 9.17) is 0 Å². The Hall–Kier alpha value is -1.65. The molecule has 2 rings (SSSR count). The smallest absolute Gasteiger partial charge is 0.309 e. The largest absolute Gasteiger partial charge is 0.481 e. The number of nitrogens with zero attached hydrogens (tertiary/aromatic N) is 3. The van der Waals surface area contributed by atoms with E-state index in [-0.39, 0.29) is 0 Å². The molecule has 1 N–H and O–H groups in total. The van der Waals surface area contributed by atoms with Gasteiger partial charge in [0.1, 0.15) is 0 Å². The van der Waals surface area contributed by atoms with E-state index in [1.807, 2.05) is 19.9 Å². The summed E-state index contributed by atoms with van der Waals surface area (Å²) in [6.07, 6.45) is 2.00. The molecule has 1 saturated heterocycles. The normalized spacial score (nSPS) is 18.0. The zero-order chi connectivity index (χ0) is 15.6. The fraction of sp³-hybridized carbons (Fsp3) is 0.688. The summed E-state index contributed by atoms with van der Waals surface area (Å²) in [5, 5.41) is 9.46. The molecule has 1 fully saturated rings. The van der Waals surface area contributed by atoms with Crippen molar-refractivity contribution in [3.8, 4) is 0 Å². The topological polar surface area (TPSA) is 66.3 Å². The molecule has 21 heavy (non-hydrogen) atoms. The van der Waals surface area contributed by atoms with E-state index in [9.17, 15) is 9.90 Å². The molecule has 1 aromatic heterocycles. The SMILES string of the molecule is CCC1(C(=O)O)CCN(c2nc(C)cc(C(C)C)n2)CC1. The second-order valence-corrected chi connectivity index (χ2v) is 6.31. The number of anilines is 1. The average molecular weight is 291 g/mol. The van der Waals surface area contributed by atoms with Crippen LogP contribution in [0.1, 0.15) is 57.3 Å². The molecule has 0 aliphatic carbocycles. The maximum absolute atomic E-state index is 11.5. The van der Waals surface area contributed by atoms with Crippen LogP contribution in [0.2, 0.25) is 0 Å². The number of aryl methyl sites for hydroxylation is 1. The van der Waals surface area contributed by atoms with Gasteiger partial charge in [-0.25, -0.2) is 9.97 Å². The second kappa shape index (κ2) is 6.00. The number of carbonyl (C=O) groups is 1. The molecule has 1 aliphatic rings. The van der Waals surface area contributed by atoms with E-state index in [0.717, 1.165) is 17.3 Å². The van der Waals surface area contributed by atoms with Crippen LogP contribution in [0.4, 0.5) is 5.95 Å². The second-order valence-electron chi connectivity index (χ2n) is 6.31. The number of rotatable bonds is 4. The Labute approximate surface area is 126 Å². The maximum Gasteiger partial charge on any atom is 0.309 e. The van der Waals surface area contributed by atoms with Crippen molar-refractivity contribution in [1.82, 2.24) is 9.97 Å². The van der Waals surface area contributed by atoms with Crippen molar-refractivity contribution in [2.75, 3.05) is 18.0 Å². The number of carboxylic acid groups (broad SMARTS) is 1. The number of hydrogen-bond acceptors (Lipinski definition) is 4.